The van der Waals surface area contributed by atoms with Crippen LogP contribution in [-0.2, 0) is 23.5 Å². The SMILES string of the molecule is C[C@@H](OCc1cc(-c2ccc(F)c(F)c2)no1)[C@](O)(Cn1cncn1)c1ccc(F)cc1F. The first-order chi connectivity index (χ1) is 15.8. The van der Waals surface area contributed by atoms with Crippen LogP contribution in [0.4, 0.5) is 17.6 Å². The molecule has 0 aliphatic rings. The Morgan fingerprint density at radius 1 is 1.06 bits per heavy atom. The lowest BCUT2D eigenvalue weighted by atomic mass is 9.88. The van der Waals surface area contributed by atoms with E-state index in [0.717, 1.165) is 24.3 Å². The average molecular weight is 462 g/mol. The van der Waals surface area contributed by atoms with E-state index in [1.165, 1.54) is 36.4 Å². The maximum absolute atomic E-state index is 14.6. The molecule has 0 aliphatic heterocycles. The number of benzene rings is 2. The van der Waals surface area contributed by atoms with Crippen LogP contribution in [0.2, 0.25) is 0 Å². The van der Waals surface area contributed by atoms with Gasteiger partial charge in [-0.05, 0) is 31.2 Å². The van der Waals surface area contributed by atoms with Gasteiger partial charge in [-0.15, -0.1) is 0 Å². The van der Waals surface area contributed by atoms with Crippen LogP contribution in [0.25, 0.3) is 11.3 Å². The minimum atomic E-state index is -1.95. The molecule has 0 radical (unpaired) electrons. The third-order valence-electron chi connectivity index (χ3n) is 5.19. The van der Waals surface area contributed by atoms with Crippen molar-refractivity contribution in [3.8, 4) is 11.3 Å². The van der Waals surface area contributed by atoms with Crippen LogP contribution in [-0.4, -0.2) is 31.1 Å². The van der Waals surface area contributed by atoms with Gasteiger partial charge in [0.05, 0.1) is 12.6 Å². The summed E-state index contributed by atoms with van der Waals surface area (Å²) < 4.78 is 66.8. The Balaban J connectivity index is 1.54. The van der Waals surface area contributed by atoms with Gasteiger partial charge in [-0.1, -0.05) is 11.2 Å². The number of halogens is 4. The van der Waals surface area contributed by atoms with Crippen LogP contribution in [0.3, 0.4) is 0 Å². The van der Waals surface area contributed by atoms with E-state index >= 15 is 0 Å². The van der Waals surface area contributed by atoms with E-state index in [2.05, 4.69) is 15.2 Å². The van der Waals surface area contributed by atoms with Crippen LogP contribution < -0.4 is 0 Å². The summed E-state index contributed by atoms with van der Waals surface area (Å²) in [5, 5.41) is 19.2. The van der Waals surface area contributed by atoms with Crippen LogP contribution in [0, 0.1) is 23.3 Å². The third kappa shape index (κ3) is 4.78. The lowest BCUT2D eigenvalue weighted by Gasteiger charge is -2.34. The second-order valence-electron chi connectivity index (χ2n) is 7.40. The van der Waals surface area contributed by atoms with Crippen molar-refractivity contribution in [2.45, 2.75) is 31.8 Å². The fourth-order valence-corrected chi connectivity index (χ4v) is 3.35. The van der Waals surface area contributed by atoms with Crippen LogP contribution in [0.1, 0.15) is 18.2 Å². The molecule has 2 heterocycles. The molecule has 2 aromatic carbocycles. The van der Waals surface area contributed by atoms with E-state index in [4.69, 9.17) is 9.26 Å². The zero-order valence-electron chi connectivity index (χ0n) is 17.3. The summed E-state index contributed by atoms with van der Waals surface area (Å²) in [5.41, 5.74) is -1.59. The molecule has 33 heavy (non-hydrogen) atoms. The predicted molar refractivity (Wildman–Crippen MR) is 106 cm³/mol. The lowest BCUT2D eigenvalue weighted by Crippen LogP contribution is -2.44. The molecule has 0 amide bonds. The van der Waals surface area contributed by atoms with Crippen molar-refractivity contribution in [3.63, 3.8) is 0 Å². The number of ether oxygens (including phenoxy) is 1. The summed E-state index contributed by atoms with van der Waals surface area (Å²) in [5.74, 6) is -3.53. The topological polar surface area (TPSA) is 86.2 Å². The summed E-state index contributed by atoms with van der Waals surface area (Å²) in [4.78, 5) is 3.81. The quantitative estimate of drug-likeness (QED) is 0.399. The molecular formula is C22H18F4N4O3. The Morgan fingerprint density at radius 2 is 1.88 bits per heavy atom. The molecule has 1 N–H and O–H groups in total. The van der Waals surface area contributed by atoms with Crippen molar-refractivity contribution >= 4 is 0 Å². The van der Waals surface area contributed by atoms with Gasteiger partial charge in [-0.25, -0.2) is 27.2 Å². The predicted octanol–water partition coefficient (Wildman–Crippen LogP) is 3.98. The van der Waals surface area contributed by atoms with Crippen molar-refractivity contribution in [2.24, 2.45) is 0 Å². The van der Waals surface area contributed by atoms with Crippen molar-refractivity contribution in [3.05, 3.63) is 89.7 Å². The van der Waals surface area contributed by atoms with E-state index in [1.54, 1.807) is 0 Å². The Bertz CT molecular complexity index is 1250. The molecule has 0 saturated carbocycles. The molecule has 11 heteroatoms. The number of aliphatic hydroxyl groups is 1. The molecule has 0 spiro atoms. The lowest BCUT2D eigenvalue weighted by molar-refractivity contribution is -0.126. The first kappa shape index (κ1) is 22.6. The zero-order valence-corrected chi connectivity index (χ0v) is 17.3. The first-order valence-electron chi connectivity index (χ1n) is 9.79. The number of rotatable bonds is 8. The highest BCUT2D eigenvalue weighted by Crippen LogP contribution is 2.32. The minimum absolute atomic E-state index is 0.180. The Hall–Kier alpha value is -3.57. The van der Waals surface area contributed by atoms with Crippen molar-refractivity contribution in [2.75, 3.05) is 0 Å². The van der Waals surface area contributed by atoms with Gasteiger partial charge in [0.15, 0.2) is 17.4 Å². The molecule has 4 rings (SSSR count). The second-order valence-corrected chi connectivity index (χ2v) is 7.40. The van der Waals surface area contributed by atoms with Crippen LogP contribution in [0.15, 0.2) is 59.6 Å². The van der Waals surface area contributed by atoms with E-state index in [-0.39, 0.29) is 30.2 Å². The fourth-order valence-electron chi connectivity index (χ4n) is 3.35. The standard InChI is InChI=1S/C22H18F4N4O3/c1-13(32-9-16-8-21(29-33-16)14-2-5-18(24)20(26)6-14)22(31,10-30-12-27-11-28-30)17-4-3-15(23)7-19(17)25/h2-8,11-13,31H,9-10H2,1H3/t13-,22-/m1/s1. The average Bonchev–Trinajstić information content (AvgIpc) is 3.46. The summed E-state index contributed by atoms with van der Waals surface area (Å²) in [6.45, 7) is 1.10. The van der Waals surface area contributed by atoms with Gasteiger partial charge in [0.1, 0.15) is 42.2 Å². The summed E-state index contributed by atoms with van der Waals surface area (Å²) in [6, 6.07) is 7.60. The van der Waals surface area contributed by atoms with Gasteiger partial charge >= 0.3 is 0 Å². The number of hydrogen-bond donors (Lipinski definition) is 1. The Morgan fingerprint density at radius 3 is 2.58 bits per heavy atom. The third-order valence-corrected chi connectivity index (χ3v) is 5.19. The molecule has 4 aromatic rings. The molecule has 2 aromatic heterocycles. The normalized spacial score (nSPS) is 14.2. The molecule has 0 saturated heterocycles. The van der Waals surface area contributed by atoms with Gasteiger partial charge in [0, 0.05) is 23.3 Å². The zero-order chi connectivity index (χ0) is 23.6. The van der Waals surface area contributed by atoms with Gasteiger partial charge in [0.25, 0.3) is 0 Å². The smallest absolute Gasteiger partial charge is 0.163 e. The van der Waals surface area contributed by atoms with Crippen molar-refractivity contribution in [1.82, 2.24) is 19.9 Å². The second kappa shape index (κ2) is 9.12. The molecule has 2 atom stereocenters. The molecule has 0 aliphatic carbocycles. The Labute approximate surface area is 185 Å². The number of hydrogen-bond acceptors (Lipinski definition) is 6. The monoisotopic (exact) mass is 462 g/mol. The Kier molecular flexibility index (Phi) is 6.25. The molecular weight excluding hydrogens is 444 g/mol. The largest absolute Gasteiger partial charge is 0.380 e. The van der Waals surface area contributed by atoms with E-state index in [0.29, 0.717) is 11.6 Å². The van der Waals surface area contributed by atoms with E-state index in [9.17, 15) is 22.7 Å². The number of aromatic nitrogens is 4. The number of nitrogens with zero attached hydrogens (tertiary/aromatic N) is 4. The highest BCUT2D eigenvalue weighted by molar-refractivity contribution is 5.58. The molecule has 172 valence electrons. The minimum Gasteiger partial charge on any atom is -0.380 e. The first-order valence-corrected chi connectivity index (χ1v) is 9.79. The fraction of sp³-hybridized carbons (Fsp3) is 0.227. The highest BCUT2D eigenvalue weighted by atomic mass is 19.2. The van der Waals surface area contributed by atoms with Gasteiger partial charge in [0.2, 0.25) is 0 Å². The van der Waals surface area contributed by atoms with E-state index < -0.39 is 35.0 Å². The molecule has 0 fully saturated rings. The van der Waals surface area contributed by atoms with Gasteiger partial charge in [-0.2, -0.15) is 5.10 Å². The highest BCUT2D eigenvalue weighted by Gasteiger charge is 2.40. The van der Waals surface area contributed by atoms with Gasteiger partial charge < -0.3 is 14.4 Å². The maximum Gasteiger partial charge on any atom is 0.163 e. The maximum atomic E-state index is 14.6. The molecule has 0 unspecified atom stereocenters. The molecule has 7 nitrogen and oxygen atoms in total. The van der Waals surface area contributed by atoms with Crippen LogP contribution in [0.5, 0.6) is 0 Å². The van der Waals surface area contributed by atoms with Crippen molar-refractivity contribution in [1.29, 1.82) is 0 Å². The summed E-state index contributed by atoms with van der Waals surface area (Å²) in [6.07, 6.45) is 1.56. The van der Waals surface area contributed by atoms with E-state index in [1.807, 2.05) is 0 Å². The summed E-state index contributed by atoms with van der Waals surface area (Å²) in [7, 11) is 0. The molecule has 0 bridgehead atoms. The van der Waals surface area contributed by atoms with Crippen molar-refractivity contribution < 1.29 is 31.9 Å². The van der Waals surface area contributed by atoms with Crippen LogP contribution >= 0.6 is 0 Å². The van der Waals surface area contributed by atoms with Gasteiger partial charge in [-0.3, -0.25) is 0 Å². The summed E-state index contributed by atoms with van der Waals surface area (Å²) >= 11 is 0.